The standard InChI is InChI=1S/C25H50O7/c1-2-3-4-5-6-7-8-9-10-11-12-30-23-25-24-31-20-19-28-16-15-26-13-14-27-17-18-29-21-22-32-25/h25H,2-24H2,1H3. The highest BCUT2D eigenvalue weighted by atomic mass is 16.6. The molecule has 7 nitrogen and oxygen atoms in total. The van der Waals surface area contributed by atoms with Crippen molar-refractivity contribution in [3.8, 4) is 0 Å². The maximum atomic E-state index is 5.91. The van der Waals surface area contributed by atoms with E-state index in [1.165, 1.54) is 57.8 Å². The molecule has 7 heteroatoms. The number of ether oxygens (including phenoxy) is 7. The van der Waals surface area contributed by atoms with Crippen LogP contribution in [0.4, 0.5) is 0 Å². The van der Waals surface area contributed by atoms with E-state index in [0.29, 0.717) is 79.3 Å². The summed E-state index contributed by atoms with van der Waals surface area (Å²) in [6.45, 7) is 9.66. The van der Waals surface area contributed by atoms with Crippen LogP contribution >= 0.6 is 0 Å². The van der Waals surface area contributed by atoms with E-state index in [9.17, 15) is 0 Å². The molecule has 1 aliphatic heterocycles. The van der Waals surface area contributed by atoms with E-state index >= 15 is 0 Å². The Labute approximate surface area is 196 Å². The van der Waals surface area contributed by atoms with E-state index < -0.39 is 0 Å². The Bertz CT molecular complexity index is 339. The lowest BCUT2D eigenvalue weighted by Gasteiger charge is -2.19. The third-order valence-corrected chi connectivity index (χ3v) is 5.32. The second-order valence-corrected chi connectivity index (χ2v) is 8.27. The predicted octanol–water partition coefficient (Wildman–Crippen LogP) is 4.41. The third-order valence-electron chi connectivity index (χ3n) is 5.32. The molecule has 1 atom stereocenters. The van der Waals surface area contributed by atoms with Crippen LogP contribution in [0, 0.1) is 0 Å². The number of rotatable bonds is 13. The van der Waals surface area contributed by atoms with Gasteiger partial charge in [0.1, 0.15) is 6.10 Å². The Hall–Kier alpha value is -0.280. The molecule has 32 heavy (non-hydrogen) atoms. The van der Waals surface area contributed by atoms with Crippen molar-refractivity contribution in [1.29, 1.82) is 0 Å². The maximum Gasteiger partial charge on any atom is 0.104 e. The largest absolute Gasteiger partial charge is 0.379 e. The Kier molecular flexibility index (Phi) is 23.6. The van der Waals surface area contributed by atoms with Crippen molar-refractivity contribution >= 4 is 0 Å². The van der Waals surface area contributed by atoms with Gasteiger partial charge >= 0.3 is 0 Å². The molecule has 1 fully saturated rings. The van der Waals surface area contributed by atoms with Gasteiger partial charge in [0.05, 0.1) is 79.3 Å². The second kappa shape index (κ2) is 25.3. The zero-order valence-corrected chi connectivity index (χ0v) is 20.7. The number of hydrogen-bond acceptors (Lipinski definition) is 7. The van der Waals surface area contributed by atoms with E-state index in [1.54, 1.807) is 0 Å². The minimum absolute atomic E-state index is 0.0832. The molecular formula is C25H50O7. The van der Waals surface area contributed by atoms with E-state index in [-0.39, 0.29) is 6.10 Å². The second-order valence-electron chi connectivity index (χ2n) is 8.27. The van der Waals surface area contributed by atoms with Gasteiger partial charge in [-0.3, -0.25) is 0 Å². The predicted molar refractivity (Wildman–Crippen MR) is 126 cm³/mol. The maximum absolute atomic E-state index is 5.91. The molecule has 1 rings (SSSR count). The van der Waals surface area contributed by atoms with Crippen molar-refractivity contribution in [1.82, 2.24) is 0 Å². The summed E-state index contributed by atoms with van der Waals surface area (Å²) >= 11 is 0. The van der Waals surface area contributed by atoms with Gasteiger partial charge in [0, 0.05) is 6.61 Å². The normalized spacial score (nSPS) is 21.1. The molecule has 1 heterocycles. The van der Waals surface area contributed by atoms with Crippen LogP contribution in [0.1, 0.15) is 71.1 Å². The van der Waals surface area contributed by atoms with Crippen LogP contribution in [0.3, 0.4) is 0 Å². The lowest BCUT2D eigenvalue weighted by Crippen LogP contribution is -2.28. The molecule has 0 saturated carbocycles. The van der Waals surface area contributed by atoms with Gasteiger partial charge in [-0.15, -0.1) is 0 Å². The molecule has 0 aromatic rings. The van der Waals surface area contributed by atoms with Crippen LogP contribution in [0.5, 0.6) is 0 Å². The highest BCUT2D eigenvalue weighted by Crippen LogP contribution is 2.10. The highest BCUT2D eigenvalue weighted by Gasteiger charge is 2.10. The fourth-order valence-corrected chi connectivity index (χ4v) is 3.42. The Morgan fingerprint density at radius 3 is 1.50 bits per heavy atom. The third kappa shape index (κ3) is 21.6. The monoisotopic (exact) mass is 462 g/mol. The lowest BCUT2D eigenvalue weighted by molar-refractivity contribution is -0.0846. The average molecular weight is 463 g/mol. The van der Waals surface area contributed by atoms with Gasteiger partial charge < -0.3 is 33.2 Å². The first-order valence-corrected chi connectivity index (χ1v) is 13.0. The minimum Gasteiger partial charge on any atom is -0.379 e. The van der Waals surface area contributed by atoms with Crippen molar-refractivity contribution in [3.05, 3.63) is 0 Å². The fraction of sp³-hybridized carbons (Fsp3) is 1.00. The van der Waals surface area contributed by atoms with Crippen LogP contribution in [0.15, 0.2) is 0 Å². The summed E-state index contributed by atoms with van der Waals surface area (Å²) in [6.07, 6.45) is 13.2. The van der Waals surface area contributed by atoms with Gasteiger partial charge in [-0.2, -0.15) is 0 Å². The molecular weight excluding hydrogens is 412 g/mol. The van der Waals surface area contributed by atoms with E-state index in [2.05, 4.69) is 6.92 Å². The lowest BCUT2D eigenvalue weighted by atomic mass is 10.1. The van der Waals surface area contributed by atoms with Gasteiger partial charge in [-0.1, -0.05) is 64.7 Å². The SMILES string of the molecule is CCCCCCCCCCCCOCC1COCCOCCOCCOCCOCCO1. The summed E-state index contributed by atoms with van der Waals surface area (Å²) in [6, 6.07) is 0. The first-order valence-electron chi connectivity index (χ1n) is 13.0. The molecule has 192 valence electrons. The molecule has 0 spiro atoms. The number of hydrogen-bond donors (Lipinski definition) is 0. The fourth-order valence-electron chi connectivity index (χ4n) is 3.42. The van der Waals surface area contributed by atoms with Gasteiger partial charge in [0.25, 0.3) is 0 Å². The molecule has 0 aromatic carbocycles. The summed E-state index contributed by atoms with van der Waals surface area (Å²) in [5, 5.41) is 0. The molecule has 0 aromatic heterocycles. The Balaban J connectivity index is 2.06. The average Bonchev–Trinajstić information content (AvgIpc) is 2.80. The Morgan fingerprint density at radius 1 is 0.531 bits per heavy atom. The molecule has 0 N–H and O–H groups in total. The van der Waals surface area contributed by atoms with Crippen molar-refractivity contribution in [3.63, 3.8) is 0 Å². The van der Waals surface area contributed by atoms with Crippen LogP contribution in [-0.4, -0.2) is 92.0 Å². The van der Waals surface area contributed by atoms with Crippen LogP contribution in [0.2, 0.25) is 0 Å². The zero-order chi connectivity index (χ0) is 22.8. The topological polar surface area (TPSA) is 64.6 Å². The van der Waals surface area contributed by atoms with Gasteiger partial charge in [0.15, 0.2) is 0 Å². The summed E-state index contributed by atoms with van der Waals surface area (Å²) in [5.74, 6) is 0. The summed E-state index contributed by atoms with van der Waals surface area (Å²) in [7, 11) is 0. The zero-order valence-electron chi connectivity index (χ0n) is 20.7. The van der Waals surface area contributed by atoms with Crippen molar-refractivity contribution < 1.29 is 33.2 Å². The smallest absolute Gasteiger partial charge is 0.104 e. The summed E-state index contributed by atoms with van der Waals surface area (Å²) < 4.78 is 39.4. The highest BCUT2D eigenvalue weighted by molar-refractivity contribution is 4.56. The summed E-state index contributed by atoms with van der Waals surface area (Å²) in [5.41, 5.74) is 0. The molecule has 0 bridgehead atoms. The molecule has 0 amide bonds. The van der Waals surface area contributed by atoms with Crippen LogP contribution in [-0.2, 0) is 33.2 Å². The van der Waals surface area contributed by atoms with E-state index in [0.717, 1.165) is 13.0 Å². The van der Waals surface area contributed by atoms with Gasteiger partial charge in [-0.25, -0.2) is 0 Å². The van der Waals surface area contributed by atoms with Crippen molar-refractivity contribution in [2.45, 2.75) is 77.2 Å². The molecule has 1 aliphatic rings. The molecule has 1 saturated heterocycles. The van der Waals surface area contributed by atoms with Crippen LogP contribution in [0.25, 0.3) is 0 Å². The Morgan fingerprint density at radius 2 is 0.969 bits per heavy atom. The van der Waals surface area contributed by atoms with Crippen molar-refractivity contribution in [2.24, 2.45) is 0 Å². The molecule has 0 radical (unpaired) electrons. The van der Waals surface area contributed by atoms with Crippen LogP contribution < -0.4 is 0 Å². The summed E-state index contributed by atoms with van der Waals surface area (Å²) in [4.78, 5) is 0. The van der Waals surface area contributed by atoms with Crippen molar-refractivity contribution in [2.75, 3.05) is 85.9 Å². The molecule has 0 aliphatic carbocycles. The van der Waals surface area contributed by atoms with Gasteiger partial charge in [-0.05, 0) is 6.42 Å². The molecule has 1 unspecified atom stereocenters. The first-order chi connectivity index (χ1) is 15.9. The van der Waals surface area contributed by atoms with E-state index in [4.69, 9.17) is 33.2 Å². The van der Waals surface area contributed by atoms with Gasteiger partial charge in [0.2, 0.25) is 0 Å². The first kappa shape index (κ1) is 29.8. The van der Waals surface area contributed by atoms with E-state index in [1.807, 2.05) is 0 Å². The minimum atomic E-state index is -0.0832. The quantitative estimate of drug-likeness (QED) is 0.376. The number of unbranched alkanes of at least 4 members (excludes halogenated alkanes) is 9.